The fraction of sp³-hybridized carbons (Fsp3) is 0. The van der Waals surface area contributed by atoms with Crippen molar-refractivity contribution in [1.82, 2.24) is 4.98 Å². The normalized spacial score (nSPS) is 11.5. The van der Waals surface area contributed by atoms with Crippen LogP contribution in [0.5, 0.6) is 0 Å². The fourth-order valence-electron chi connectivity index (χ4n) is 5.86. The highest BCUT2D eigenvalue weighted by Gasteiger charge is 2.22. The zero-order valence-corrected chi connectivity index (χ0v) is 21.7. The summed E-state index contributed by atoms with van der Waals surface area (Å²) < 4.78 is 6.52. The average Bonchev–Trinajstić information content (AvgIpc) is 3.42. The van der Waals surface area contributed by atoms with Crippen molar-refractivity contribution in [2.45, 2.75) is 0 Å². The standard InChI is InChI=1S/C37H24N2O/c1-2-9-25(10-3-1)26-17-19-28(20-18-26)39(34-16-8-15-32-33-24-38-22-21-36(33)40-37(32)34)35-23-27-11-4-5-12-29(27)30-13-6-7-14-31(30)35/h1-24H. The van der Waals surface area contributed by atoms with Gasteiger partial charge in [-0.25, -0.2) is 0 Å². The van der Waals surface area contributed by atoms with E-state index in [9.17, 15) is 0 Å². The second-order valence-corrected chi connectivity index (χ2v) is 10.0. The summed E-state index contributed by atoms with van der Waals surface area (Å²) in [7, 11) is 0. The van der Waals surface area contributed by atoms with Gasteiger partial charge >= 0.3 is 0 Å². The molecule has 0 N–H and O–H groups in total. The maximum absolute atomic E-state index is 6.52. The van der Waals surface area contributed by atoms with Crippen LogP contribution in [0.15, 0.2) is 150 Å². The van der Waals surface area contributed by atoms with E-state index in [0.29, 0.717) is 0 Å². The first-order chi connectivity index (χ1) is 19.8. The van der Waals surface area contributed by atoms with Crippen molar-refractivity contribution in [3.63, 3.8) is 0 Å². The SMILES string of the molecule is c1ccc(-c2ccc(N(c3cc4ccccc4c4ccccc34)c3cccc4c3oc3ccncc34)cc2)cc1. The summed E-state index contributed by atoms with van der Waals surface area (Å²) in [6, 6.07) is 47.2. The molecule has 0 spiro atoms. The van der Waals surface area contributed by atoms with E-state index in [4.69, 9.17) is 4.42 Å². The van der Waals surface area contributed by atoms with Crippen LogP contribution in [0.4, 0.5) is 17.1 Å². The number of hydrogen-bond acceptors (Lipinski definition) is 3. The molecule has 3 nitrogen and oxygen atoms in total. The second kappa shape index (κ2) is 9.11. The van der Waals surface area contributed by atoms with Gasteiger partial charge in [-0.15, -0.1) is 0 Å². The molecule has 8 aromatic rings. The van der Waals surface area contributed by atoms with Crippen LogP contribution in [-0.4, -0.2) is 4.98 Å². The summed E-state index contributed by atoms with van der Waals surface area (Å²) in [5.41, 5.74) is 7.21. The first-order valence-corrected chi connectivity index (χ1v) is 13.5. The molecule has 0 saturated carbocycles. The Bertz CT molecular complexity index is 2160. The maximum Gasteiger partial charge on any atom is 0.159 e. The summed E-state index contributed by atoms with van der Waals surface area (Å²) in [5, 5.41) is 6.92. The van der Waals surface area contributed by atoms with Gasteiger partial charge in [0.2, 0.25) is 0 Å². The molecule has 0 aliphatic heterocycles. The van der Waals surface area contributed by atoms with E-state index in [-0.39, 0.29) is 0 Å². The lowest BCUT2D eigenvalue weighted by atomic mass is 9.98. The lowest BCUT2D eigenvalue weighted by molar-refractivity contribution is 0.668. The summed E-state index contributed by atoms with van der Waals surface area (Å²) in [6.45, 7) is 0. The van der Waals surface area contributed by atoms with Gasteiger partial charge in [0.05, 0.1) is 11.4 Å². The lowest BCUT2D eigenvalue weighted by Gasteiger charge is -2.27. The second-order valence-electron chi connectivity index (χ2n) is 10.0. The van der Waals surface area contributed by atoms with E-state index < -0.39 is 0 Å². The third-order valence-corrected chi connectivity index (χ3v) is 7.74. The number of anilines is 3. The van der Waals surface area contributed by atoms with Crippen molar-refractivity contribution in [3.05, 3.63) is 146 Å². The third kappa shape index (κ3) is 3.56. The van der Waals surface area contributed by atoms with E-state index in [1.165, 1.54) is 32.7 Å². The van der Waals surface area contributed by atoms with Gasteiger partial charge in [0.15, 0.2) is 5.58 Å². The molecule has 0 unspecified atom stereocenters. The van der Waals surface area contributed by atoms with Crippen molar-refractivity contribution in [3.8, 4) is 11.1 Å². The first-order valence-electron chi connectivity index (χ1n) is 13.5. The number of benzene rings is 6. The highest BCUT2D eigenvalue weighted by Crippen LogP contribution is 2.45. The van der Waals surface area contributed by atoms with E-state index in [1.807, 2.05) is 18.3 Å². The quantitative estimate of drug-likeness (QED) is 0.220. The monoisotopic (exact) mass is 512 g/mol. The summed E-state index contributed by atoms with van der Waals surface area (Å²) in [5.74, 6) is 0. The average molecular weight is 513 g/mol. The highest BCUT2D eigenvalue weighted by atomic mass is 16.3. The van der Waals surface area contributed by atoms with Crippen LogP contribution in [0.25, 0.3) is 54.6 Å². The Morgan fingerprint density at radius 1 is 0.500 bits per heavy atom. The van der Waals surface area contributed by atoms with E-state index in [2.05, 4.69) is 131 Å². The predicted molar refractivity (Wildman–Crippen MR) is 167 cm³/mol. The topological polar surface area (TPSA) is 29.3 Å². The minimum absolute atomic E-state index is 0.834. The van der Waals surface area contributed by atoms with Crippen LogP contribution in [0.3, 0.4) is 0 Å². The van der Waals surface area contributed by atoms with Gasteiger partial charge in [-0.2, -0.15) is 0 Å². The van der Waals surface area contributed by atoms with Gasteiger partial charge in [-0.3, -0.25) is 4.98 Å². The molecule has 3 heteroatoms. The molecule has 6 aromatic carbocycles. The Morgan fingerprint density at radius 2 is 1.20 bits per heavy atom. The number of aromatic nitrogens is 1. The fourth-order valence-corrected chi connectivity index (χ4v) is 5.86. The number of furan rings is 1. The Morgan fingerprint density at radius 3 is 2.05 bits per heavy atom. The molecular weight excluding hydrogens is 488 g/mol. The molecule has 2 heterocycles. The Labute approximate surface area is 231 Å². The molecule has 2 aromatic heterocycles. The maximum atomic E-state index is 6.52. The van der Waals surface area contributed by atoms with Gasteiger partial charge in [-0.1, -0.05) is 103 Å². The number of hydrogen-bond donors (Lipinski definition) is 0. The van der Waals surface area contributed by atoms with Crippen molar-refractivity contribution < 1.29 is 4.42 Å². The Balaban J connectivity index is 1.43. The van der Waals surface area contributed by atoms with Gasteiger partial charge in [0.1, 0.15) is 5.58 Å². The lowest BCUT2D eigenvalue weighted by Crippen LogP contribution is -2.11. The van der Waals surface area contributed by atoms with Gasteiger partial charge in [0.25, 0.3) is 0 Å². The van der Waals surface area contributed by atoms with Gasteiger partial charge in [-0.05, 0) is 57.6 Å². The molecule has 0 saturated heterocycles. The zero-order valence-electron chi connectivity index (χ0n) is 21.7. The predicted octanol–water partition coefficient (Wildman–Crippen LogP) is 10.4. The number of para-hydroxylation sites is 1. The molecule has 0 radical (unpaired) electrons. The molecule has 0 aliphatic rings. The van der Waals surface area contributed by atoms with Crippen LogP contribution >= 0.6 is 0 Å². The van der Waals surface area contributed by atoms with Crippen molar-refractivity contribution >= 4 is 60.5 Å². The summed E-state index contributed by atoms with van der Waals surface area (Å²) >= 11 is 0. The molecule has 8 rings (SSSR count). The molecular formula is C37H24N2O. The molecule has 0 bridgehead atoms. The zero-order chi connectivity index (χ0) is 26.5. The Hall–Kier alpha value is -5.41. The largest absolute Gasteiger partial charge is 0.454 e. The summed E-state index contributed by atoms with van der Waals surface area (Å²) in [6.07, 6.45) is 3.66. The van der Waals surface area contributed by atoms with Crippen molar-refractivity contribution in [1.29, 1.82) is 0 Å². The smallest absolute Gasteiger partial charge is 0.159 e. The highest BCUT2D eigenvalue weighted by molar-refractivity contribution is 6.16. The van der Waals surface area contributed by atoms with E-state index >= 15 is 0 Å². The van der Waals surface area contributed by atoms with Crippen molar-refractivity contribution in [2.24, 2.45) is 0 Å². The van der Waals surface area contributed by atoms with E-state index in [1.54, 1.807) is 6.20 Å². The van der Waals surface area contributed by atoms with Crippen molar-refractivity contribution in [2.75, 3.05) is 4.90 Å². The number of nitrogens with zero attached hydrogens (tertiary/aromatic N) is 2. The molecule has 40 heavy (non-hydrogen) atoms. The third-order valence-electron chi connectivity index (χ3n) is 7.74. The first kappa shape index (κ1) is 22.6. The molecule has 0 fully saturated rings. The molecule has 188 valence electrons. The number of fused-ring (bicyclic) bond motifs is 6. The minimum atomic E-state index is 0.834. The van der Waals surface area contributed by atoms with Gasteiger partial charge < -0.3 is 9.32 Å². The van der Waals surface area contributed by atoms with Crippen LogP contribution in [-0.2, 0) is 0 Å². The molecule has 0 atom stereocenters. The number of rotatable bonds is 4. The van der Waals surface area contributed by atoms with Crippen LogP contribution in [0.2, 0.25) is 0 Å². The Kier molecular flexibility index (Phi) is 5.14. The summed E-state index contributed by atoms with van der Waals surface area (Å²) in [4.78, 5) is 6.70. The minimum Gasteiger partial charge on any atom is -0.454 e. The van der Waals surface area contributed by atoms with Crippen LogP contribution < -0.4 is 4.90 Å². The van der Waals surface area contributed by atoms with Gasteiger partial charge in [0, 0.05) is 34.2 Å². The molecule has 0 aliphatic carbocycles. The number of pyridine rings is 1. The molecule has 0 amide bonds. The van der Waals surface area contributed by atoms with Crippen LogP contribution in [0, 0.1) is 0 Å². The van der Waals surface area contributed by atoms with E-state index in [0.717, 1.165) is 39.0 Å². The van der Waals surface area contributed by atoms with Crippen LogP contribution in [0.1, 0.15) is 0 Å².